The van der Waals surface area contributed by atoms with Gasteiger partial charge >= 0.3 is 0 Å². The maximum atomic E-state index is 12.1. The molecule has 0 aliphatic carbocycles. The van der Waals surface area contributed by atoms with Crippen LogP contribution in [-0.4, -0.2) is 42.3 Å². The molecule has 0 aliphatic rings. The Labute approximate surface area is 102 Å². The SMILES string of the molecule is CNC(C)N(C(=O)/C(C#N)=C(/C)O)C(C)NC. The molecule has 0 aromatic rings. The standard InChI is InChI=1S/C11H20N4O2/c1-7(16)10(6-12)11(17)15(8(2)13-4)9(3)14-5/h8-9,13-14,16H,1-5H3/b10-7-. The Kier molecular flexibility index (Phi) is 6.25. The van der Waals surface area contributed by atoms with Crippen molar-refractivity contribution in [2.24, 2.45) is 0 Å². The Morgan fingerprint density at radius 3 is 1.94 bits per heavy atom. The van der Waals surface area contributed by atoms with Gasteiger partial charge < -0.3 is 20.6 Å². The van der Waals surface area contributed by atoms with Gasteiger partial charge in [0.05, 0.1) is 12.3 Å². The number of hydrogen-bond donors (Lipinski definition) is 3. The van der Waals surface area contributed by atoms with E-state index in [9.17, 15) is 9.90 Å². The molecule has 0 fully saturated rings. The van der Waals surface area contributed by atoms with Gasteiger partial charge in [-0.05, 0) is 34.9 Å². The van der Waals surface area contributed by atoms with E-state index in [1.807, 2.05) is 0 Å². The van der Waals surface area contributed by atoms with Gasteiger partial charge in [0.2, 0.25) is 0 Å². The predicted molar refractivity (Wildman–Crippen MR) is 64.8 cm³/mol. The van der Waals surface area contributed by atoms with Gasteiger partial charge in [0, 0.05) is 0 Å². The van der Waals surface area contributed by atoms with Crippen molar-refractivity contribution in [3.05, 3.63) is 11.3 Å². The zero-order chi connectivity index (χ0) is 13.6. The minimum absolute atomic E-state index is 0.241. The first-order chi connectivity index (χ1) is 7.90. The Hall–Kier alpha value is -1.58. The average molecular weight is 240 g/mol. The van der Waals surface area contributed by atoms with Gasteiger partial charge in [-0.3, -0.25) is 4.79 Å². The number of nitrogens with zero attached hydrogens (tertiary/aromatic N) is 2. The molecule has 17 heavy (non-hydrogen) atoms. The van der Waals surface area contributed by atoms with Gasteiger partial charge in [0.25, 0.3) is 5.91 Å². The van der Waals surface area contributed by atoms with Crippen LogP contribution in [0.25, 0.3) is 0 Å². The molecular weight excluding hydrogens is 220 g/mol. The number of amides is 1. The molecule has 0 bridgehead atoms. The van der Waals surface area contributed by atoms with E-state index in [1.165, 1.54) is 11.8 Å². The summed E-state index contributed by atoms with van der Waals surface area (Å²) in [5.41, 5.74) is -0.241. The average Bonchev–Trinajstić information content (AvgIpc) is 2.29. The van der Waals surface area contributed by atoms with Crippen LogP contribution >= 0.6 is 0 Å². The summed E-state index contributed by atoms with van der Waals surface area (Å²) in [4.78, 5) is 13.6. The number of nitrogens with one attached hydrogen (secondary N) is 2. The number of hydrogen-bond acceptors (Lipinski definition) is 5. The van der Waals surface area contributed by atoms with Crippen LogP contribution < -0.4 is 10.6 Å². The van der Waals surface area contributed by atoms with E-state index in [-0.39, 0.29) is 23.7 Å². The summed E-state index contributed by atoms with van der Waals surface area (Å²) in [5.74, 6) is -0.773. The van der Waals surface area contributed by atoms with Crippen molar-refractivity contribution in [2.45, 2.75) is 33.1 Å². The van der Waals surface area contributed by atoms with Crippen molar-refractivity contribution in [3.63, 3.8) is 0 Å². The highest BCUT2D eigenvalue weighted by Crippen LogP contribution is 2.10. The predicted octanol–water partition coefficient (Wildman–Crippen LogP) is 0.301. The third-order valence-corrected chi connectivity index (χ3v) is 2.59. The monoisotopic (exact) mass is 240 g/mol. The normalized spacial score (nSPS) is 15.5. The van der Waals surface area contributed by atoms with E-state index in [0.717, 1.165) is 0 Å². The molecule has 2 atom stereocenters. The Morgan fingerprint density at radius 2 is 1.71 bits per heavy atom. The van der Waals surface area contributed by atoms with Crippen molar-refractivity contribution in [1.29, 1.82) is 5.26 Å². The van der Waals surface area contributed by atoms with E-state index in [1.54, 1.807) is 34.0 Å². The molecule has 0 aromatic heterocycles. The van der Waals surface area contributed by atoms with Crippen molar-refractivity contribution < 1.29 is 9.90 Å². The molecule has 96 valence electrons. The van der Waals surface area contributed by atoms with Crippen LogP contribution in [0.5, 0.6) is 0 Å². The highest BCUT2D eigenvalue weighted by molar-refractivity contribution is 5.97. The Morgan fingerprint density at radius 1 is 1.29 bits per heavy atom. The number of allylic oxidation sites excluding steroid dienone is 1. The van der Waals surface area contributed by atoms with E-state index in [0.29, 0.717) is 0 Å². The van der Waals surface area contributed by atoms with Crippen LogP contribution in [-0.2, 0) is 4.79 Å². The summed E-state index contributed by atoms with van der Waals surface area (Å²) in [7, 11) is 3.43. The van der Waals surface area contributed by atoms with Gasteiger partial charge in [0.15, 0.2) is 5.57 Å². The molecule has 2 unspecified atom stereocenters. The molecule has 0 saturated heterocycles. The van der Waals surface area contributed by atoms with E-state index in [4.69, 9.17) is 5.26 Å². The summed E-state index contributed by atoms with van der Waals surface area (Å²) in [6, 6.07) is 1.72. The molecule has 1 amide bonds. The highest BCUT2D eigenvalue weighted by atomic mass is 16.3. The van der Waals surface area contributed by atoms with Gasteiger partial charge in [-0.15, -0.1) is 0 Å². The number of carbonyl (C=O) groups is 1. The molecule has 0 aromatic carbocycles. The fraction of sp³-hybridized carbons (Fsp3) is 0.636. The summed E-state index contributed by atoms with van der Waals surface area (Å²) >= 11 is 0. The molecule has 3 N–H and O–H groups in total. The van der Waals surface area contributed by atoms with Gasteiger partial charge in [-0.1, -0.05) is 0 Å². The van der Waals surface area contributed by atoms with Crippen LogP contribution in [0.15, 0.2) is 11.3 Å². The van der Waals surface area contributed by atoms with Gasteiger partial charge in [-0.2, -0.15) is 5.26 Å². The first-order valence-corrected chi connectivity index (χ1v) is 5.37. The smallest absolute Gasteiger partial charge is 0.270 e. The molecule has 6 heteroatoms. The molecule has 0 spiro atoms. The summed E-state index contributed by atoms with van der Waals surface area (Å²) in [5, 5.41) is 24.0. The quantitative estimate of drug-likeness (QED) is 0.278. The summed E-state index contributed by atoms with van der Waals surface area (Å²) < 4.78 is 0. The lowest BCUT2D eigenvalue weighted by Crippen LogP contribution is -2.54. The largest absolute Gasteiger partial charge is 0.511 e. The molecule has 0 saturated carbocycles. The van der Waals surface area contributed by atoms with Crippen molar-refractivity contribution in [3.8, 4) is 6.07 Å². The molecule has 0 rings (SSSR count). The van der Waals surface area contributed by atoms with Crippen molar-refractivity contribution >= 4 is 5.91 Å². The minimum Gasteiger partial charge on any atom is -0.511 e. The molecule has 0 heterocycles. The van der Waals surface area contributed by atoms with E-state index < -0.39 is 5.91 Å². The fourth-order valence-electron chi connectivity index (χ4n) is 1.38. The van der Waals surface area contributed by atoms with Crippen LogP contribution in [0.4, 0.5) is 0 Å². The van der Waals surface area contributed by atoms with Crippen LogP contribution in [0.1, 0.15) is 20.8 Å². The zero-order valence-corrected chi connectivity index (χ0v) is 10.9. The Bertz CT molecular complexity index is 332. The minimum atomic E-state index is -0.504. The summed E-state index contributed by atoms with van der Waals surface area (Å²) in [6.45, 7) is 4.92. The fourth-order valence-corrected chi connectivity index (χ4v) is 1.38. The summed E-state index contributed by atoms with van der Waals surface area (Å²) in [6.07, 6.45) is -0.514. The lowest BCUT2D eigenvalue weighted by molar-refractivity contribution is -0.132. The van der Waals surface area contributed by atoms with E-state index in [2.05, 4.69) is 10.6 Å². The first kappa shape index (κ1) is 15.4. The van der Waals surface area contributed by atoms with E-state index >= 15 is 0 Å². The van der Waals surface area contributed by atoms with Crippen molar-refractivity contribution in [1.82, 2.24) is 15.5 Å². The molecule has 0 aliphatic heterocycles. The topological polar surface area (TPSA) is 88.4 Å². The molecule has 6 nitrogen and oxygen atoms in total. The second kappa shape index (κ2) is 6.89. The Balaban J connectivity index is 5.29. The number of aliphatic hydroxyl groups is 1. The maximum Gasteiger partial charge on any atom is 0.270 e. The second-order valence-corrected chi connectivity index (χ2v) is 3.71. The van der Waals surface area contributed by atoms with Gasteiger partial charge in [-0.25, -0.2) is 0 Å². The first-order valence-electron chi connectivity index (χ1n) is 5.37. The molecular formula is C11H20N4O2. The number of rotatable bonds is 5. The number of carbonyl (C=O) groups excluding carboxylic acids is 1. The number of nitriles is 1. The third kappa shape index (κ3) is 3.73. The van der Waals surface area contributed by atoms with Crippen molar-refractivity contribution in [2.75, 3.05) is 14.1 Å². The molecule has 0 radical (unpaired) electrons. The zero-order valence-electron chi connectivity index (χ0n) is 10.9. The van der Waals surface area contributed by atoms with Gasteiger partial charge in [0.1, 0.15) is 11.8 Å². The third-order valence-electron chi connectivity index (χ3n) is 2.59. The van der Waals surface area contributed by atoms with Crippen LogP contribution in [0.2, 0.25) is 0 Å². The number of aliphatic hydroxyl groups excluding tert-OH is 1. The maximum absolute atomic E-state index is 12.1. The van der Waals surface area contributed by atoms with Crippen LogP contribution in [0, 0.1) is 11.3 Å². The highest BCUT2D eigenvalue weighted by Gasteiger charge is 2.27. The second-order valence-electron chi connectivity index (χ2n) is 3.71. The lowest BCUT2D eigenvalue weighted by atomic mass is 10.2. The lowest BCUT2D eigenvalue weighted by Gasteiger charge is -2.34. The van der Waals surface area contributed by atoms with Crippen LogP contribution in [0.3, 0.4) is 0 Å².